The molecule has 0 heterocycles. The predicted octanol–water partition coefficient (Wildman–Crippen LogP) is 2.94. The molecule has 0 aliphatic carbocycles. The van der Waals surface area contributed by atoms with E-state index in [-0.39, 0.29) is 5.62 Å². The standard InChI is InChI=1S/C3H6Cl3OP/c4-1-2-8(6,7)3-5/h1-3H2. The quantitative estimate of drug-likeness (QED) is 0.500. The van der Waals surface area contributed by atoms with Crippen molar-refractivity contribution in [1.29, 1.82) is 0 Å². The molecule has 0 aliphatic heterocycles. The van der Waals surface area contributed by atoms with Crippen molar-refractivity contribution in [2.75, 3.05) is 17.7 Å². The van der Waals surface area contributed by atoms with Gasteiger partial charge in [-0.15, -0.1) is 23.2 Å². The van der Waals surface area contributed by atoms with Crippen LogP contribution in [0.2, 0.25) is 0 Å². The fourth-order valence-electron chi connectivity index (χ4n) is 0.186. The van der Waals surface area contributed by atoms with Crippen LogP contribution in [0.3, 0.4) is 0 Å². The first kappa shape index (κ1) is 9.10. The molecule has 0 N–H and O–H groups in total. The molecule has 1 atom stereocenters. The average molecular weight is 195 g/mol. The van der Waals surface area contributed by atoms with Crippen molar-refractivity contribution in [3.8, 4) is 0 Å². The van der Waals surface area contributed by atoms with Crippen LogP contribution in [0, 0.1) is 0 Å². The van der Waals surface area contributed by atoms with Crippen molar-refractivity contribution in [2.24, 2.45) is 0 Å². The summed E-state index contributed by atoms with van der Waals surface area (Å²) >= 11 is 15.8. The zero-order valence-electron chi connectivity index (χ0n) is 4.11. The van der Waals surface area contributed by atoms with E-state index in [9.17, 15) is 4.57 Å². The van der Waals surface area contributed by atoms with E-state index in [1.807, 2.05) is 0 Å². The smallest absolute Gasteiger partial charge is 0.184 e. The molecule has 0 bridgehead atoms. The maximum absolute atomic E-state index is 10.7. The Labute approximate surface area is 63.5 Å². The highest BCUT2D eigenvalue weighted by Crippen LogP contribution is 2.51. The number of alkyl halides is 2. The molecule has 0 aromatic heterocycles. The third-order valence-electron chi connectivity index (χ3n) is 0.597. The van der Waals surface area contributed by atoms with Crippen LogP contribution in [0.1, 0.15) is 0 Å². The lowest BCUT2D eigenvalue weighted by Crippen LogP contribution is -1.84. The summed E-state index contributed by atoms with van der Waals surface area (Å²) in [4.78, 5) is 0. The Balaban J connectivity index is 3.55. The summed E-state index contributed by atoms with van der Waals surface area (Å²) < 4.78 is 10.7. The lowest BCUT2D eigenvalue weighted by atomic mass is 11.0. The number of hydrogen-bond acceptors (Lipinski definition) is 1. The molecule has 0 radical (unpaired) electrons. The Morgan fingerprint density at radius 2 is 1.88 bits per heavy atom. The average Bonchev–Trinajstić information content (AvgIpc) is 1.67. The number of rotatable bonds is 3. The molecular formula is C3H6Cl3OP. The van der Waals surface area contributed by atoms with Crippen molar-refractivity contribution in [1.82, 2.24) is 0 Å². The summed E-state index contributed by atoms with van der Waals surface area (Å²) in [5, 5.41) is 0. The van der Waals surface area contributed by atoms with E-state index >= 15 is 0 Å². The van der Waals surface area contributed by atoms with Crippen LogP contribution >= 0.6 is 40.9 Å². The molecule has 0 amide bonds. The SMILES string of the molecule is O=P(Cl)(CCl)CCCl. The summed E-state index contributed by atoms with van der Waals surface area (Å²) in [6.45, 7) is -2.57. The summed E-state index contributed by atoms with van der Waals surface area (Å²) in [5.74, 6) is 0.313. The Hall–Kier alpha value is 1.10. The Morgan fingerprint density at radius 1 is 1.38 bits per heavy atom. The van der Waals surface area contributed by atoms with Crippen LogP contribution in [-0.2, 0) is 4.57 Å². The van der Waals surface area contributed by atoms with E-state index in [0.29, 0.717) is 12.0 Å². The van der Waals surface area contributed by atoms with Crippen LogP contribution in [0.5, 0.6) is 0 Å². The molecule has 0 spiro atoms. The van der Waals surface area contributed by atoms with E-state index < -0.39 is 6.49 Å². The summed E-state index contributed by atoms with van der Waals surface area (Å²) in [6.07, 6.45) is 0.319. The van der Waals surface area contributed by atoms with Gasteiger partial charge in [0.1, 0.15) is 0 Å². The molecule has 0 saturated carbocycles. The number of halogens is 3. The Bertz CT molecular complexity index is 105. The lowest BCUT2D eigenvalue weighted by molar-refractivity contribution is 0.587. The Morgan fingerprint density at radius 3 is 2.00 bits per heavy atom. The normalized spacial score (nSPS) is 17.9. The highest BCUT2D eigenvalue weighted by atomic mass is 35.7. The minimum absolute atomic E-state index is 0.0152. The van der Waals surface area contributed by atoms with Gasteiger partial charge >= 0.3 is 0 Å². The maximum Gasteiger partial charge on any atom is 0.184 e. The molecule has 8 heavy (non-hydrogen) atoms. The second kappa shape index (κ2) is 4.00. The van der Waals surface area contributed by atoms with Gasteiger partial charge in [-0.1, -0.05) is 11.2 Å². The van der Waals surface area contributed by atoms with Gasteiger partial charge in [0.15, 0.2) is 6.49 Å². The monoisotopic (exact) mass is 194 g/mol. The van der Waals surface area contributed by atoms with Gasteiger partial charge < -0.3 is 4.57 Å². The van der Waals surface area contributed by atoms with Gasteiger partial charge in [-0.3, -0.25) is 0 Å². The zero-order chi connectivity index (χ0) is 6.62. The predicted molar refractivity (Wildman–Crippen MR) is 39.8 cm³/mol. The minimum Gasteiger partial charge on any atom is -0.305 e. The van der Waals surface area contributed by atoms with Crippen molar-refractivity contribution in [2.45, 2.75) is 0 Å². The third-order valence-corrected chi connectivity index (χ3v) is 4.69. The minimum atomic E-state index is -2.57. The largest absolute Gasteiger partial charge is 0.305 e. The van der Waals surface area contributed by atoms with Crippen molar-refractivity contribution < 1.29 is 4.57 Å². The first-order valence-electron chi connectivity index (χ1n) is 2.02. The highest BCUT2D eigenvalue weighted by Gasteiger charge is 2.14. The molecular weight excluding hydrogens is 189 g/mol. The maximum atomic E-state index is 10.7. The van der Waals surface area contributed by atoms with Gasteiger partial charge in [-0.25, -0.2) is 0 Å². The van der Waals surface area contributed by atoms with Crippen LogP contribution in [-0.4, -0.2) is 17.7 Å². The van der Waals surface area contributed by atoms with Crippen LogP contribution < -0.4 is 0 Å². The van der Waals surface area contributed by atoms with E-state index in [2.05, 4.69) is 0 Å². The fourth-order valence-corrected chi connectivity index (χ4v) is 2.25. The number of hydrogen-bond donors (Lipinski definition) is 0. The topological polar surface area (TPSA) is 17.1 Å². The first-order valence-corrected chi connectivity index (χ1v) is 6.07. The van der Waals surface area contributed by atoms with Crippen molar-refractivity contribution in [3.05, 3.63) is 0 Å². The van der Waals surface area contributed by atoms with Gasteiger partial charge in [0.2, 0.25) is 0 Å². The second-order valence-electron chi connectivity index (χ2n) is 1.32. The molecule has 50 valence electrons. The molecule has 0 fully saturated rings. The molecule has 5 heteroatoms. The highest BCUT2D eigenvalue weighted by molar-refractivity contribution is 7.90. The van der Waals surface area contributed by atoms with Crippen molar-refractivity contribution >= 4 is 40.9 Å². The summed E-state index contributed by atoms with van der Waals surface area (Å²) in [5.41, 5.74) is 0.0152. The van der Waals surface area contributed by atoms with Gasteiger partial charge in [0.25, 0.3) is 0 Å². The fraction of sp³-hybridized carbons (Fsp3) is 1.00. The summed E-state index contributed by atoms with van der Waals surface area (Å²) in [6, 6.07) is 0. The molecule has 0 saturated heterocycles. The van der Waals surface area contributed by atoms with E-state index in [1.165, 1.54) is 0 Å². The third kappa shape index (κ3) is 4.03. The summed E-state index contributed by atoms with van der Waals surface area (Å²) in [7, 11) is 0. The zero-order valence-corrected chi connectivity index (χ0v) is 7.27. The van der Waals surface area contributed by atoms with E-state index in [1.54, 1.807) is 0 Å². The first-order chi connectivity index (χ1) is 3.62. The molecule has 1 nitrogen and oxygen atoms in total. The molecule has 0 aliphatic rings. The van der Waals surface area contributed by atoms with Gasteiger partial charge in [-0.05, 0) is 0 Å². The van der Waals surface area contributed by atoms with Crippen LogP contribution in [0.25, 0.3) is 0 Å². The molecule has 1 unspecified atom stereocenters. The second-order valence-corrected chi connectivity index (χ2v) is 6.53. The Kier molecular flexibility index (Phi) is 4.55. The van der Waals surface area contributed by atoms with Gasteiger partial charge in [0.05, 0.1) is 5.62 Å². The van der Waals surface area contributed by atoms with Crippen molar-refractivity contribution in [3.63, 3.8) is 0 Å². The lowest BCUT2D eigenvalue weighted by Gasteiger charge is -2.00. The molecule has 0 aromatic rings. The van der Waals surface area contributed by atoms with E-state index in [4.69, 9.17) is 34.4 Å². The van der Waals surface area contributed by atoms with Gasteiger partial charge in [-0.2, -0.15) is 0 Å². The molecule has 0 rings (SSSR count). The van der Waals surface area contributed by atoms with Crippen LogP contribution in [0.15, 0.2) is 0 Å². The van der Waals surface area contributed by atoms with Gasteiger partial charge in [0, 0.05) is 12.0 Å². The van der Waals surface area contributed by atoms with E-state index in [0.717, 1.165) is 0 Å². The molecule has 0 aromatic carbocycles. The van der Waals surface area contributed by atoms with Crippen LogP contribution in [0.4, 0.5) is 0 Å².